The van der Waals surface area contributed by atoms with Gasteiger partial charge in [-0.05, 0) is 25.2 Å². The molecule has 0 spiro atoms. The van der Waals surface area contributed by atoms with Crippen molar-refractivity contribution in [2.75, 3.05) is 0 Å². The van der Waals surface area contributed by atoms with Crippen molar-refractivity contribution in [3.8, 4) is 0 Å². The van der Waals surface area contributed by atoms with Crippen LogP contribution in [0.1, 0.15) is 39.0 Å². The summed E-state index contributed by atoms with van der Waals surface area (Å²) in [6, 6.07) is 0. The van der Waals surface area contributed by atoms with Gasteiger partial charge in [-0.1, -0.05) is 19.8 Å². The molecule has 0 amide bonds. The molecule has 3 heteroatoms. The lowest BCUT2D eigenvalue weighted by molar-refractivity contribution is -0.145. The summed E-state index contributed by atoms with van der Waals surface area (Å²) in [5.41, 5.74) is 0. The number of rotatable bonds is 4. The molecule has 1 fully saturated rings. The third-order valence-electron chi connectivity index (χ3n) is 2.97. The van der Waals surface area contributed by atoms with Crippen molar-refractivity contribution in [1.29, 1.82) is 0 Å². The molecule has 3 atom stereocenters. The maximum Gasteiger partial charge on any atom is 0.306 e. The third-order valence-corrected chi connectivity index (χ3v) is 2.97. The normalized spacial score (nSPS) is 30.3. The zero-order chi connectivity index (χ0) is 9.84. The Morgan fingerprint density at radius 2 is 2.23 bits per heavy atom. The molecule has 0 radical (unpaired) electrons. The Bertz CT molecular complexity index is 179. The van der Waals surface area contributed by atoms with Gasteiger partial charge in [0.05, 0.1) is 12.0 Å². The van der Waals surface area contributed by atoms with Crippen LogP contribution in [0, 0.1) is 11.8 Å². The number of carboxylic acid groups (broad SMARTS) is 1. The van der Waals surface area contributed by atoms with Gasteiger partial charge in [0, 0.05) is 0 Å². The van der Waals surface area contributed by atoms with Crippen LogP contribution in [0.3, 0.4) is 0 Å². The lowest BCUT2D eigenvalue weighted by Crippen LogP contribution is -2.28. The highest BCUT2D eigenvalue weighted by Gasteiger charge is 2.35. The summed E-state index contributed by atoms with van der Waals surface area (Å²) in [5.74, 6) is -1.08. The van der Waals surface area contributed by atoms with Crippen molar-refractivity contribution in [3.63, 3.8) is 0 Å². The van der Waals surface area contributed by atoms with Crippen LogP contribution in [-0.2, 0) is 4.79 Å². The van der Waals surface area contributed by atoms with Crippen LogP contribution in [0.25, 0.3) is 0 Å². The fourth-order valence-corrected chi connectivity index (χ4v) is 2.27. The number of aliphatic hydroxyl groups is 1. The number of aliphatic hydroxyl groups excluding tert-OH is 1. The molecule has 0 aromatic heterocycles. The van der Waals surface area contributed by atoms with Crippen LogP contribution in [0.15, 0.2) is 0 Å². The van der Waals surface area contributed by atoms with Gasteiger partial charge >= 0.3 is 5.97 Å². The molecule has 0 heterocycles. The first-order chi connectivity index (χ1) is 6.16. The third kappa shape index (κ3) is 2.44. The van der Waals surface area contributed by atoms with Crippen molar-refractivity contribution in [3.05, 3.63) is 0 Å². The van der Waals surface area contributed by atoms with Gasteiger partial charge in [-0.15, -0.1) is 0 Å². The molecule has 3 nitrogen and oxygen atoms in total. The SMILES string of the molecule is CCCC(C(=O)O)C1CCCC1O. The molecule has 0 aromatic rings. The van der Waals surface area contributed by atoms with E-state index in [1.807, 2.05) is 6.92 Å². The Labute approximate surface area is 78.8 Å². The van der Waals surface area contributed by atoms with E-state index in [9.17, 15) is 9.90 Å². The van der Waals surface area contributed by atoms with Crippen LogP contribution in [0.2, 0.25) is 0 Å². The Morgan fingerprint density at radius 3 is 2.62 bits per heavy atom. The van der Waals surface area contributed by atoms with Crippen molar-refractivity contribution in [2.45, 2.75) is 45.1 Å². The molecular formula is C10H18O3. The summed E-state index contributed by atoms with van der Waals surface area (Å²) >= 11 is 0. The summed E-state index contributed by atoms with van der Waals surface area (Å²) in [4.78, 5) is 10.9. The standard InChI is InChI=1S/C10H18O3/c1-2-4-8(10(12)13)7-5-3-6-9(7)11/h7-9,11H,2-6H2,1H3,(H,12,13). The van der Waals surface area contributed by atoms with Crippen LogP contribution in [-0.4, -0.2) is 22.3 Å². The van der Waals surface area contributed by atoms with Crippen LogP contribution >= 0.6 is 0 Å². The van der Waals surface area contributed by atoms with E-state index < -0.39 is 5.97 Å². The summed E-state index contributed by atoms with van der Waals surface area (Å²) in [7, 11) is 0. The molecule has 13 heavy (non-hydrogen) atoms. The largest absolute Gasteiger partial charge is 0.481 e. The lowest BCUT2D eigenvalue weighted by Gasteiger charge is -2.21. The molecule has 1 aliphatic carbocycles. The molecule has 1 rings (SSSR count). The maximum atomic E-state index is 10.9. The molecule has 3 unspecified atom stereocenters. The first-order valence-corrected chi connectivity index (χ1v) is 5.07. The van der Waals surface area contributed by atoms with Gasteiger partial charge < -0.3 is 10.2 Å². The first-order valence-electron chi connectivity index (χ1n) is 5.07. The van der Waals surface area contributed by atoms with Gasteiger partial charge in [-0.3, -0.25) is 4.79 Å². The minimum Gasteiger partial charge on any atom is -0.481 e. The Kier molecular flexibility index (Phi) is 3.72. The molecular weight excluding hydrogens is 168 g/mol. The summed E-state index contributed by atoms with van der Waals surface area (Å²) in [6.07, 6.45) is 3.81. The van der Waals surface area contributed by atoms with E-state index in [1.54, 1.807) is 0 Å². The molecule has 0 saturated heterocycles. The Balaban J connectivity index is 2.57. The van der Waals surface area contributed by atoms with Crippen LogP contribution in [0.5, 0.6) is 0 Å². The lowest BCUT2D eigenvalue weighted by atomic mass is 9.86. The predicted octanol–water partition coefficient (Wildman–Crippen LogP) is 1.65. The second-order valence-electron chi connectivity index (χ2n) is 3.90. The minimum absolute atomic E-state index is 0.00236. The Hall–Kier alpha value is -0.570. The van der Waals surface area contributed by atoms with Crippen molar-refractivity contribution < 1.29 is 15.0 Å². The molecule has 1 aliphatic rings. The zero-order valence-corrected chi connectivity index (χ0v) is 8.07. The molecule has 2 N–H and O–H groups in total. The van der Waals surface area contributed by atoms with Gasteiger partial charge in [0.2, 0.25) is 0 Å². The highest BCUT2D eigenvalue weighted by molar-refractivity contribution is 5.70. The summed E-state index contributed by atoms with van der Waals surface area (Å²) in [5, 5.41) is 18.5. The molecule has 76 valence electrons. The van der Waals surface area contributed by atoms with Gasteiger partial charge in [-0.25, -0.2) is 0 Å². The van der Waals surface area contributed by atoms with E-state index in [1.165, 1.54) is 0 Å². The average molecular weight is 186 g/mol. The van der Waals surface area contributed by atoms with Crippen molar-refractivity contribution >= 4 is 5.97 Å². The fraction of sp³-hybridized carbons (Fsp3) is 0.900. The highest BCUT2D eigenvalue weighted by atomic mass is 16.4. The van der Waals surface area contributed by atoms with Crippen molar-refractivity contribution in [2.24, 2.45) is 11.8 Å². The van der Waals surface area contributed by atoms with Crippen LogP contribution in [0.4, 0.5) is 0 Å². The fourth-order valence-electron chi connectivity index (χ4n) is 2.27. The summed E-state index contributed by atoms with van der Waals surface area (Å²) in [6.45, 7) is 1.98. The van der Waals surface area contributed by atoms with Gasteiger partial charge in [0.15, 0.2) is 0 Å². The smallest absolute Gasteiger partial charge is 0.306 e. The molecule has 1 saturated carbocycles. The Morgan fingerprint density at radius 1 is 1.54 bits per heavy atom. The maximum absolute atomic E-state index is 10.9. The number of carbonyl (C=O) groups is 1. The highest BCUT2D eigenvalue weighted by Crippen LogP contribution is 2.34. The van der Waals surface area contributed by atoms with E-state index >= 15 is 0 Å². The van der Waals surface area contributed by atoms with E-state index in [2.05, 4.69) is 0 Å². The topological polar surface area (TPSA) is 57.5 Å². The van der Waals surface area contributed by atoms with E-state index in [0.29, 0.717) is 6.42 Å². The summed E-state index contributed by atoms with van der Waals surface area (Å²) < 4.78 is 0. The van der Waals surface area contributed by atoms with E-state index in [4.69, 9.17) is 5.11 Å². The molecule has 0 bridgehead atoms. The minimum atomic E-state index is -0.743. The quantitative estimate of drug-likeness (QED) is 0.701. The van der Waals surface area contributed by atoms with Crippen molar-refractivity contribution in [1.82, 2.24) is 0 Å². The molecule has 0 aliphatic heterocycles. The predicted molar refractivity (Wildman–Crippen MR) is 49.4 cm³/mol. The van der Waals surface area contributed by atoms with E-state index in [0.717, 1.165) is 25.7 Å². The van der Waals surface area contributed by atoms with E-state index in [-0.39, 0.29) is 17.9 Å². The second kappa shape index (κ2) is 4.61. The van der Waals surface area contributed by atoms with Gasteiger partial charge in [0.25, 0.3) is 0 Å². The number of carboxylic acids is 1. The second-order valence-corrected chi connectivity index (χ2v) is 3.90. The zero-order valence-electron chi connectivity index (χ0n) is 8.07. The van der Waals surface area contributed by atoms with Crippen LogP contribution < -0.4 is 0 Å². The van der Waals surface area contributed by atoms with Gasteiger partial charge in [-0.2, -0.15) is 0 Å². The first kappa shape index (κ1) is 10.5. The molecule has 0 aromatic carbocycles. The number of hydrogen-bond donors (Lipinski definition) is 2. The average Bonchev–Trinajstić information content (AvgIpc) is 2.47. The van der Waals surface area contributed by atoms with Gasteiger partial charge in [0.1, 0.15) is 0 Å². The number of aliphatic carboxylic acids is 1. The monoisotopic (exact) mass is 186 g/mol. The number of hydrogen-bond acceptors (Lipinski definition) is 2.